The zero-order valence-corrected chi connectivity index (χ0v) is 35.2. The Labute approximate surface area is 366 Å². The molecule has 9 aromatic carbocycles. The van der Waals surface area contributed by atoms with Crippen LogP contribution in [0.4, 0.5) is 51.2 Å². The van der Waals surface area contributed by atoms with Crippen molar-refractivity contribution in [3.8, 4) is 33.8 Å². The Bertz CT molecular complexity index is 3180. The van der Waals surface area contributed by atoms with E-state index in [9.17, 15) is 0 Å². The molecule has 0 fully saturated rings. The Balaban J connectivity index is 0.961. The second-order valence-electron chi connectivity index (χ2n) is 16.6. The fraction of sp³-hybridized carbons (Fsp3) is 0.0526. The molecule has 0 aromatic heterocycles. The molecule has 0 unspecified atom stereocenters. The van der Waals surface area contributed by atoms with Crippen LogP contribution < -0.4 is 19.4 Å². The van der Waals surface area contributed by atoms with Gasteiger partial charge in [-0.15, -0.1) is 0 Å². The highest BCUT2D eigenvalue weighted by atomic mass is 32.2. The third kappa shape index (κ3) is 5.84. The Morgan fingerprint density at radius 1 is 0.403 bits per heavy atom. The van der Waals surface area contributed by atoms with Gasteiger partial charge in [0.25, 0.3) is 0 Å². The second-order valence-corrected chi connectivity index (χ2v) is 17.7. The van der Waals surface area contributed by atoms with Crippen molar-refractivity contribution in [3.63, 3.8) is 0 Å². The summed E-state index contributed by atoms with van der Waals surface area (Å²) in [5.41, 5.74) is 17.4. The molecule has 0 bridgehead atoms. The molecule has 0 saturated heterocycles. The molecule has 5 heteroatoms. The first-order valence-electron chi connectivity index (χ1n) is 21.2. The molecule has 296 valence electrons. The lowest BCUT2D eigenvalue weighted by Gasteiger charge is -2.34. The zero-order valence-electron chi connectivity index (χ0n) is 34.4. The van der Waals surface area contributed by atoms with E-state index in [-0.39, 0.29) is 5.41 Å². The van der Waals surface area contributed by atoms with E-state index in [1.807, 2.05) is 23.9 Å². The first kappa shape index (κ1) is 36.4. The molecular formula is C57H41N3OS. The van der Waals surface area contributed by atoms with Gasteiger partial charge in [-0.25, -0.2) is 0 Å². The molecule has 1 aliphatic carbocycles. The summed E-state index contributed by atoms with van der Waals surface area (Å²) in [6, 6.07) is 76.5. The Kier molecular flexibility index (Phi) is 8.41. The number of para-hydroxylation sites is 5. The van der Waals surface area contributed by atoms with Gasteiger partial charge in [-0.1, -0.05) is 135 Å². The van der Waals surface area contributed by atoms with E-state index in [2.05, 4.69) is 229 Å². The van der Waals surface area contributed by atoms with E-state index < -0.39 is 0 Å². The average Bonchev–Trinajstić information content (AvgIpc) is 3.55. The molecule has 0 atom stereocenters. The van der Waals surface area contributed by atoms with Crippen LogP contribution in [0.1, 0.15) is 25.0 Å². The highest BCUT2D eigenvalue weighted by Gasteiger charge is 2.36. The van der Waals surface area contributed by atoms with Gasteiger partial charge in [-0.05, 0) is 137 Å². The summed E-state index contributed by atoms with van der Waals surface area (Å²) in [6.07, 6.45) is 0. The maximum atomic E-state index is 6.59. The predicted octanol–water partition coefficient (Wildman–Crippen LogP) is 16.6. The average molecular weight is 816 g/mol. The summed E-state index contributed by atoms with van der Waals surface area (Å²) in [5, 5.41) is 0. The maximum Gasteiger partial charge on any atom is 0.152 e. The molecule has 0 spiro atoms. The summed E-state index contributed by atoms with van der Waals surface area (Å²) in [4.78, 5) is 9.53. The fourth-order valence-electron chi connectivity index (χ4n) is 9.61. The standard InChI is InChI=1S/C57H41N3OS/c1-57(2)47-20-10-9-19-45(47)46-32-30-43(36-48(46)57)58(44-31-34-52-56(37-44)62-55-24-14-12-22-51(55)60(52)41-17-7-4-8-18-41)42-28-25-38(26-29-42)39-27-33-50-54(35-39)61-53-23-13-11-21-49(53)59(50)40-15-5-3-6-16-40/h3-37H,1-2H3. The van der Waals surface area contributed by atoms with Gasteiger partial charge in [0.15, 0.2) is 11.5 Å². The fourth-order valence-corrected chi connectivity index (χ4v) is 10.7. The first-order chi connectivity index (χ1) is 30.5. The number of ether oxygens (including phenoxy) is 1. The van der Waals surface area contributed by atoms with Gasteiger partial charge in [0.2, 0.25) is 0 Å². The number of nitrogens with zero attached hydrogens (tertiary/aromatic N) is 3. The smallest absolute Gasteiger partial charge is 0.152 e. The van der Waals surface area contributed by atoms with E-state index in [1.54, 1.807) is 0 Å². The normalized spacial score (nSPS) is 13.8. The Morgan fingerprint density at radius 2 is 0.952 bits per heavy atom. The number of hydrogen-bond acceptors (Lipinski definition) is 5. The third-order valence-corrected chi connectivity index (χ3v) is 13.7. The Hall–Kier alpha value is -7.47. The highest BCUT2D eigenvalue weighted by molar-refractivity contribution is 7.99. The molecule has 0 radical (unpaired) electrons. The minimum Gasteiger partial charge on any atom is -0.453 e. The van der Waals surface area contributed by atoms with Gasteiger partial charge in [0.1, 0.15) is 0 Å². The van der Waals surface area contributed by atoms with Crippen LogP contribution >= 0.6 is 11.8 Å². The molecule has 4 nitrogen and oxygen atoms in total. The van der Waals surface area contributed by atoms with Crippen LogP contribution in [0.15, 0.2) is 222 Å². The molecule has 2 heterocycles. The van der Waals surface area contributed by atoms with Crippen molar-refractivity contribution in [2.45, 2.75) is 29.1 Å². The molecule has 9 aromatic rings. The number of fused-ring (bicyclic) bond motifs is 7. The van der Waals surface area contributed by atoms with Crippen molar-refractivity contribution in [2.75, 3.05) is 14.7 Å². The third-order valence-electron chi connectivity index (χ3n) is 12.6. The molecule has 0 saturated carbocycles. The van der Waals surface area contributed by atoms with E-state index in [4.69, 9.17) is 4.74 Å². The number of anilines is 9. The Morgan fingerprint density at radius 3 is 1.74 bits per heavy atom. The summed E-state index contributed by atoms with van der Waals surface area (Å²) in [6.45, 7) is 4.71. The van der Waals surface area contributed by atoms with Crippen LogP contribution in [0.5, 0.6) is 11.5 Å². The van der Waals surface area contributed by atoms with Crippen LogP contribution in [0.25, 0.3) is 22.3 Å². The minimum absolute atomic E-state index is 0.131. The molecule has 2 aliphatic heterocycles. The summed E-state index contributed by atoms with van der Waals surface area (Å²) in [5.74, 6) is 1.67. The SMILES string of the molecule is CC1(C)c2ccccc2-c2ccc(N(c3ccc(-c4ccc5c(c4)Oc4ccccc4N5c4ccccc4)cc3)c3ccc4c(c3)Sc3ccccc3N4c3ccccc3)cc21. The van der Waals surface area contributed by atoms with Crippen molar-refractivity contribution >= 4 is 62.9 Å². The van der Waals surface area contributed by atoms with Gasteiger partial charge in [-0.3, -0.25) is 0 Å². The quantitative estimate of drug-likeness (QED) is 0.166. The van der Waals surface area contributed by atoms with E-state index in [0.717, 1.165) is 62.4 Å². The predicted molar refractivity (Wildman–Crippen MR) is 258 cm³/mol. The molecule has 12 rings (SSSR count). The van der Waals surface area contributed by atoms with Gasteiger partial charge in [0.05, 0.1) is 22.7 Å². The largest absolute Gasteiger partial charge is 0.453 e. The van der Waals surface area contributed by atoms with E-state index >= 15 is 0 Å². The van der Waals surface area contributed by atoms with Crippen LogP contribution in [-0.4, -0.2) is 0 Å². The summed E-state index contributed by atoms with van der Waals surface area (Å²) in [7, 11) is 0. The second kappa shape index (κ2) is 14.3. The lowest BCUT2D eigenvalue weighted by Crippen LogP contribution is -2.17. The molecule has 3 aliphatic rings. The monoisotopic (exact) mass is 815 g/mol. The first-order valence-corrected chi connectivity index (χ1v) is 22.0. The van der Waals surface area contributed by atoms with Crippen LogP contribution in [-0.2, 0) is 5.41 Å². The van der Waals surface area contributed by atoms with E-state index in [1.165, 1.54) is 43.4 Å². The van der Waals surface area contributed by atoms with Gasteiger partial charge < -0.3 is 19.4 Å². The molecule has 62 heavy (non-hydrogen) atoms. The van der Waals surface area contributed by atoms with E-state index in [0.29, 0.717) is 0 Å². The van der Waals surface area contributed by atoms with Crippen molar-refractivity contribution in [1.82, 2.24) is 0 Å². The number of rotatable bonds is 6. The minimum atomic E-state index is -0.131. The zero-order chi connectivity index (χ0) is 41.4. The van der Waals surface area contributed by atoms with Gasteiger partial charge in [-0.2, -0.15) is 0 Å². The summed E-state index contributed by atoms with van der Waals surface area (Å²) < 4.78 is 6.59. The summed E-state index contributed by atoms with van der Waals surface area (Å²) >= 11 is 1.84. The molecular weight excluding hydrogens is 775 g/mol. The van der Waals surface area contributed by atoms with Crippen molar-refractivity contribution in [2.24, 2.45) is 0 Å². The van der Waals surface area contributed by atoms with Crippen molar-refractivity contribution in [1.29, 1.82) is 0 Å². The number of benzene rings is 9. The van der Waals surface area contributed by atoms with Crippen molar-refractivity contribution < 1.29 is 4.74 Å². The molecule has 0 N–H and O–H groups in total. The lowest BCUT2D eigenvalue weighted by atomic mass is 9.82. The molecule has 0 amide bonds. The van der Waals surface area contributed by atoms with Gasteiger partial charge >= 0.3 is 0 Å². The van der Waals surface area contributed by atoms with Crippen LogP contribution in [0.3, 0.4) is 0 Å². The van der Waals surface area contributed by atoms with Gasteiger partial charge in [0, 0.05) is 43.6 Å². The van der Waals surface area contributed by atoms with Crippen molar-refractivity contribution in [3.05, 3.63) is 223 Å². The maximum absolute atomic E-state index is 6.59. The van der Waals surface area contributed by atoms with Crippen LogP contribution in [0, 0.1) is 0 Å². The number of hydrogen-bond donors (Lipinski definition) is 0. The lowest BCUT2D eigenvalue weighted by molar-refractivity contribution is 0.477. The topological polar surface area (TPSA) is 19.0 Å². The highest BCUT2D eigenvalue weighted by Crippen LogP contribution is 2.55. The van der Waals surface area contributed by atoms with Crippen LogP contribution in [0.2, 0.25) is 0 Å².